The van der Waals surface area contributed by atoms with Gasteiger partial charge in [0.15, 0.2) is 5.13 Å². The molecule has 0 spiro atoms. The molecule has 0 aromatic carbocycles. The van der Waals surface area contributed by atoms with Gasteiger partial charge in [0, 0.05) is 5.38 Å². The molecule has 0 saturated carbocycles. The number of hydroxylamine groups is 1. The number of carbonyl (C=O) groups is 2. The number of amides is 3. The number of alkyl carbamates (subject to hydrolysis) is 1. The number of aromatic nitrogens is 1. The second kappa shape index (κ2) is 7.95. The van der Waals surface area contributed by atoms with E-state index in [1.165, 1.54) is 11.3 Å². The number of hydrogen-bond donors (Lipinski definition) is 3. The van der Waals surface area contributed by atoms with Gasteiger partial charge in [-0.25, -0.2) is 20.1 Å². The molecule has 0 saturated heterocycles. The van der Waals surface area contributed by atoms with E-state index in [1.807, 2.05) is 12.3 Å². The zero-order valence-electron chi connectivity index (χ0n) is 13.4. The van der Waals surface area contributed by atoms with E-state index < -0.39 is 17.7 Å². The number of carbonyl (C=O) groups excluding carboxylic acids is 2. The molecule has 124 valence electrons. The first kappa shape index (κ1) is 18.2. The molecule has 1 heterocycles. The van der Waals surface area contributed by atoms with E-state index >= 15 is 0 Å². The average Bonchev–Trinajstić information content (AvgIpc) is 2.71. The van der Waals surface area contributed by atoms with Gasteiger partial charge in [-0.3, -0.25) is 10.2 Å². The lowest BCUT2D eigenvalue weighted by molar-refractivity contribution is 0.0343. The highest BCUT2D eigenvalue weighted by molar-refractivity contribution is 7.13. The zero-order chi connectivity index (χ0) is 16.8. The lowest BCUT2D eigenvalue weighted by Gasteiger charge is -2.21. The Bertz CT molecular complexity index is 512. The van der Waals surface area contributed by atoms with Gasteiger partial charge >= 0.3 is 12.1 Å². The first-order valence-corrected chi connectivity index (χ1v) is 7.64. The van der Waals surface area contributed by atoms with Crippen LogP contribution < -0.4 is 16.1 Å². The summed E-state index contributed by atoms with van der Waals surface area (Å²) >= 11 is 1.32. The van der Waals surface area contributed by atoms with Crippen molar-refractivity contribution in [1.82, 2.24) is 15.8 Å². The fraction of sp³-hybridized carbons (Fsp3) is 0.615. The minimum atomic E-state index is -0.561. The highest BCUT2D eigenvalue weighted by atomic mass is 32.1. The van der Waals surface area contributed by atoms with Crippen molar-refractivity contribution in [2.75, 3.05) is 11.9 Å². The molecular formula is C13H22N4O4S. The van der Waals surface area contributed by atoms with Crippen LogP contribution in [0.25, 0.3) is 0 Å². The van der Waals surface area contributed by atoms with E-state index in [4.69, 9.17) is 9.57 Å². The molecule has 0 fully saturated rings. The summed E-state index contributed by atoms with van der Waals surface area (Å²) in [6.07, 6.45) is -0.536. The fourth-order valence-corrected chi connectivity index (χ4v) is 2.00. The van der Waals surface area contributed by atoms with Crippen molar-refractivity contribution in [3.8, 4) is 0 Å². The molecule has 0 aliphatic carbocycles. The van der Waals surface area contributed by atoms with Gasteiger partial charge < -0.3 is 10.1 Å². The molecule has 8 nitrogen and oxygen atoms in total. The van der Waals surface area contributed by atoms with Gasteiger partial charge in [-0.1, -0.05) is 0 Å². The third-order valence-corrected chi connectivity index (χ3v) is 2.98. The molecule has 1 unspecified atom stereocenters. The molecule has 0 aliphatic rings. The van der Waals surface area contributed by atoms with Gasteiger partial charge in [0.1, 0.15) is 5.60 Å². The van der Waals surface area contributed by atoms with E-state index in [-0.39, 0.29) is 12.6 Å². The molecule has 0 bridgehead atoms. The molecule has 1 aromatic heterocycles. The summed E-state index contributed by atoms with van der Waals surface area (Å²) < 4.78 is 5.10. The van der Waals surface area contributed by atoms with E-state index in [2.05, 4.69) is 21.1 Å². The lowest BCUT2D eigenvalue weighted by Crippen LogP contribution is -2.41. The van der Waals surface area contributed by atoms with Crippen molar-refractivity contribution in [3.05, 3.63) is 11.1 Å². The average molecular weight is 330 g/mol. The third kappa shape index (κ3) is 7.79. The van der Waals surface area contributed by atoms with Crippen molar-refractivity contribution in [3.63, 3.8) is 0 Å². The lowest BCUT2D eigenvalue weighted by atomic mass is 10.2. The van der Waals surface area contributed by atoms with Gasteiger partial charge in [0.25, 0.3) is 0 Å². The topological polar surface area (TPSA) is 102 Å². The highest BCUT2D eigenvalue weighted by Crippen LogP contribution is 2.13. The smallest absolute Gasteiger partial charge is 0.407 e. The maximum absolute atomic E-state index is 11.5. The molecule has 1 atom stereocenters. The van der Waals surface area contributed by atoms with Crippen LogP contribution >= 0.6 is 11.3 Å². The Morgan fingerprint density at radius 1 is 1.41 bits per heavy atom. The normalized spacial score (nSPS) is 12.4. The molecule has 3 amide bonds. The number of thiazole rings is 1. The monoisotopic (exact) mass is 330 g/mol. The van der Waals surface area contributed by atoms with Crippen LogP contribution in [-0.2, 0) is 9.57 Å². The van der Waals surface area contributed by atoms with E-state index in [0.29, 0.717) is 5.13 Å². The molecule has 9 heteroatoms. The van der Waals surface area contributed by atoms with Crippen LogP contribution in [-0.4, -0.2) is 35.4 Å². The van der Waals surface area contributed by atoms with Crippen LogP contribution in [0.3, 0.4) is 0 Å². The molecule has 0 aliphatic heterocycles. The number of aryl methyl sites for hydroxylation is 1. The summed E-state index contributed by atoms with van der Waals surface area (Å²) in [6.45, 7) is 9.00. The third-order valence-electron chi connectivity index (χ3n) is 2.10. The summed E-state index contributed by atoms with van der Waals surface area (Å²) in [5, 5.41) is 7.43. The van der Waals surface area contributed by atoms with Crippen molar-refractivity contribution in [1.29, 1.82) is 0 Å². The van der Waals surface area contributed by atoms with Gasteiger partial charge in [-0.2, -0.15) is 0 Å². The van der Waals surface area contributed by atoms with Crippen molar-refractivity contribution < 1.29 is 19.2 Å². The van der Waals surface area contributed by atoms with Crippen LogP contribution in [0.15, 0.2) is 5.38 Å². The number of nitrogens with zero attached hydrogens (tertiary/aromatic N) is 1. The Balaban J connectivity index is 2.20. The van der Waals surface area contributed by atoms with Crippen molar-refractivity contribution >= 4 is 28.6 Å². The van der Waals surface area contributed by atoms with Crippen LogP contribution in [0, 0.1) is 6.92 Å². The second-order valence-electron chi connectivity index (χ2n) is 5.71. The van der Waals surface area contributed by atoms with Crippen molar-refractivity contribution in [2.45, 2.75) is 46.3 Å². The quantitative estimate of drug-likeness (QED) is 0.720. The Morgan fingerprint density at radius 2 is 2.09 bits per heavy atom. The summed E-state index contributed by atoms with van der Waals surface area (Å²) in [7, 11) is 0. The Hall–Kier alpha value is -1.87. The van der Waals surface area contributed by atoms with Crippen molar-refractivity contribution in [2.24, 2.45) is 0 Å². The predicted molar refractivity (Wildman–Crippen MR) is 83.8 cm³/mol. The molecule has 22 heavy (non-hydrogen) atoms. The molecule has 1 rings (SSSR count). The van der Waals surface area contributed by atoms with Crippen LogP contribution in [0.2, 0.25) is 0 Å². The standard InChI is InChI=1S/C13H22N4O4S/c1-8(15-12(19)21-13(3,4)5)6-20-17-10(18)16-11-14-9(2)7-22-11/h7-8H,6H2,1-5H3,(H,15,19)(H2,14,16,17,18). The molecular weight excluding hydrogens is 308 g/mol. The maximum atomic E-state index is 11.5. The molecule has 3 N–H and O–H groups in total. The number of ether oxygens (including phenoxy) is 1. The minimum absolute atomic E-state index is 0.101. The van der Waals surface area contributed by atoms with E-state index in [1.54, 1.807) is 27.7 Å². The number of nitrogens with one attached hydrogen (secondary N) is 3. The Labute approximate surface area is 133 Å². The fourth-order valence-electron chi connectivity index (χ4n) is 1.32. The summed E-state index contributed by atoms with van der Waals surface area (Å²) in [5.74, 6) is 0. The van der Waals surface area contributed by atoms with Crippen LogP contribution in [0.1, 0.15) is 33.4 Å². The van der Waals surface area contributed by atoms with Gasteiger partial charge in [-0.05, 0) is 34.6 Å². The minimum Gasteiger partial charge on any atom is -0.444 e. The second-order valence-corrected chi connectivity index (χ2v) is 6.57. The van der Waals surface area contributed by atoms with Gasteiger partial charge in [0.05, 0.1) is 18.3 Å². The maximum Gasteiger partial charge on any atom is 0.407 e. The summed E-state index contributed by atoms with van der Waals surface area (Å²) in [5.41, 5.74) is 2.49. The van der Waals surface area contributed by atoms with Crippen LogP contribution in [0.4, 0.5) is 14.7 Å². The number of rotatable bonds is 5. The largest absolute Gasteiger partial charge is 0.444 e. The Morgan fingerprint density at radius 3 is 2.64 bits per heavy atom. The number of hydrogen-bond acceptors (Lipinski definition) is 6. The Kier molecular flexibility index (Phi) is 6.57. The summed E-state index contributed by atoms with van der Waals surface area (Å²) in [4.78, 5) is 32.1. The van der Waals surface area contributed by atoms with Gasteiger partial charge in [-0.15, -0.1) is 11.3 Å². The molecule has 0 radical (unpaired) electrons. The summed E-state index contributed by atoms with van der Waals surface area (Å²) in [6, 6.07) is -0.851. The predicted octanol–water partition coefficient (Wildman–Crippen LogP) is 2.42. The first-order chi connectivity index (χ1) is 10.2. The first-order valence-electron chi connectivity index (χ1n) is 6.76. The zero-order valence-corrected chi connectivity index (χ0v) is 14.2. The SMILES string of the molecule is Cc1csc(NC(=O)NOCC(C)NC(=O)OC(C)(C)C)n1. The number of anilines is 1. The van der Waals surface area contributed by atoms with E-state index in [0.717, 1.165) is 5.69 Å². The molecule has 1 aromatic rings. The van der Waals surface area contributed by atoms with Crippen LogP contribution in [0.5, 0.6) is 0 Å². The highest BCUT2D eigenvalue weighted by Gasteiger charge is 2.17. The number of urea groups is 1. The van der Waals surface area contributed by atoms with Gasteiger partial charge in [0.2, 0.25) is 0 Å². The van der Waals surface area contributed by atoms with E-state index in [9.17, 15) is 9.59 Å².